The molecule has 2 rings (SSSR count). The highest BCUT2D eigenvalue weighted by Gasteiger charge is 2.39. The minimum absolute atomic E-state index is 0.309. The number of hydrogen-bond donors (Lipinski definition) is 1. The summed E-state index contributed by atoms with van der Waals surface area (Å²) in [4.78, 5) is 14.7. The Kier molecular flexibility index (Phi) is 1.62. The number of hydrogen-bond acceptors (Lipinski definition) is 2. The van der Waals surface area contributed by atoms with Gasteiger partial charge in [-0.2, -0.15) is 0 Å². The van der Waals surface area contributed by atoms with Crippen molar-refractivity contribution in [1.29, 1.82) is 0 Å². The van der Waals surface area contributed by atoms with Gasteiger partial charge in [0.15, 0.2) is 0 Å². The predicted molar refractivity (Wildman–Crippen MR) is 49.3 cm³/mol. The van der Waals surface area contributed by atoms with Crippen LogP contribution in [0.3, 0.4) is 0 Å². The van der Waals surface area contributed by atoms with Gasteiger partial charge in [0.05, 0.1) is 0 Å². The van der Waals surface area contributed by atoms with Crippen molar-refractivity contribution in [2.24, 2.45) is 5.73 Å². The Balaban J connectivity index is 2.28. The van der Waals surface area contributed by atoms with Crippen LogP contribution in [0.1, 0.15) is 35.8 Å². The van der Waals surface area contributed by atoms with E-state index in [9.17, 15) is 4.79 Å². The number of carbonyl (C=O) groups is 1. The monoisotopic (exact) mass is 176 g/mol. The molecule has 1 saturated carbocycles. The van der Waals surface area contributed by atoms with Gasteiger partial charge in [-0.05, 0) is 29.9 Å². The van der Waals surface area contributed by atoms with Crippen molar-refractivity contribution in [1.82, 2.24) is 4.98 Å². The fourth-order valence-electron chi connectivity index (χ4n) is 1.37. The zero-order valence-electron chi connectivity index (χ0n) is 7.58. The lowest BCUT2D eigenvalue weighted by atomic mass is 10.0. The summed E-state index contributed by atoms with van der Waals surface area (Å²) in [7, 11) is 0. The van der Waals surface area contributed by atoms with Crippen LogP contribution in [0.25, 0.3) is 0 Å². The summed E-state index contributed by atoms with van der Waals surface area (Å²) in [5, 5.41) is 0. The molecule has 0 bridgehead atoms. The first-order chi connectivity index (χ1) is 6.12. The summed E-state index contributed by atoms with van der Waals surface area (Å²) >= 11 is 0. The van der Waals surface area contributed by atoms with E-state index in [1.807, 2.05) is 6.07 Å². The lowest BCUT2D eigenvalue weighted by Crippen LogP contribution is -2.13. The Morgan fingerprint density at radius 1 is 1.54 bits per heavy atom. The number of primary amides is 1. The van der Waals surface area contributed by atoms with Crippen LogP contribution in [0.5, 0.6) is 0 Å². The maximum absolute atomic E-state index is 10.7. The van der Waals surface area contributed by atoms with E-state index in [1.165, 1.54) is 18.4 Å². The topological polar surface area (TPSA) is 56.0 Å². The highest BCUT2D eigenvalue weighted by Crippen LogP contribution is 2.47. The number of carbonyl (C=O) groups excluding carboxylic acids is 1. The van der Waals surface area contributed by atoms with Gasteiger partial charge >= 0.3 is 0 Å². The molecule has 0 saturated heterocycles. The molecular weight excluding hydrogens is 164 g/mol. The Morgan fingerprint density at radius 3 is 2.62 bits per heavy atom. The van der Waals surface area contributed by atoms with Gasteiger partial charge in [-0.1, -0.05) is 13.0 Å². The second-order valence-corrected chi connectivity index (χ2v) is 3.86. The van der Waals surface area contributed by atoms with E-state index in [0.717, 1.165) is 0 Å². The molecule has 1 amide bonds. The molecule has 0 atom stereocenters. The third kappa shape index (κ3) is 1.41. The van der Waals surface area contributed by atoms with Gasteiger partial charge in [-0.15, -0.1) is 0 Å². The van der Waals surface area contributed by atoms with Gasteiger partial charge in [-0.25, -0.2) is 0 Å². The van der Waals surface area contributed by atoms with Crippen LogP contribution >= 0.6 is 0 Å². The molecule has 0 radical (unpaired) electrons. The quantitative estimate of drug-likeness (QED) is 0.736. The summed E-state index contributed by atoms with van der Waals surface area (Å²) in [5.74, 6) is -0.465. The van der Waals surface area contributed by atoms with Crippen molar-refractivity contribution < 1.29 is 4.79 Å². The first-order valence-corrected chi connectivity index (χ1v) is 4.38. The van der Waals surface area contributed by atoms with Crippen LogP contribution in [-0.4, -0.2) is 10.9 Å². The van der Waals surface area contributed by atoms with Crippen molar-refractivity contribution in [2.75, 3.05) is 0 Å². The summed E-state index contributed by atoms with van der Waals surface area (Å²) < 4.78 is 0. The maximum atomic E-state index is 10.7. The van der Waals surface area contributed by atoms with Gasteiger partial charge in [0.25, 0.3) is 5.91 Å². The molecule has 1 aliphatic carbocycles. The number of aromatic nitrogens is 1. The molecule has 68 valence electrons. The van der Waals surface area contributed by atoms with E-state index in [-0.39, 0.29) is 0 Å². The standard InChI is InChI=1S/C10H12N2O/c1-10(4-5-10)7-2-3-8(9(11)13)12-6-7/h2-3,6H,4-5H2,1H3,(H2,11,13). The van der Waals surface area contributed by atoms with E-state index >= 15 is 0 Å². The molecule has 1 aromatic rings. The molecule has 2 N–H and O–H groups in total. The molecule has 1 aliphatic rings. The summed E-state index contributed by atoms with van der Waals surface area (Å²) in [6, 6.07) is 3.64. The zero-order chi connectivity index (χ0) is 9.47. The summed E-state index contributed by atoms with van der Waals surface area (Å²) in [6.45, 7) is 2.20. The highest BCUT2D eigenvalue weighted by atomic mass is 16.1. The van der Waals surface area contributed by atoms with Crippen molar-refractivity contribution in [3.63, 3.8) is 0 Å². The SMILES string of the molecule is CC1(c2ccc(C(N)=O)nc2)CC1. The van der Waals surface area contributed by atoms with E-state index in [2.05, 4.69) is 11.9 Å². The predicted octanol–water partition coefficient (Wildman–Crippen LogP) is 1.23. The van der Waals surface area contributed by atoms with Crippen molar-refractivity contribution in [3.8, 4) is 0 Å². The molecule has 1 aromatic heterocycles. The molecule has 0 unspecified atom stereocenters. The maximum Gasteiger partial charge on any atom is 0.267 e. The third-order valence-electron chi connectivity index (χ3n) is 2.71. The van der Waals surface area contributed by atoms with E-state index < -0.39 is 5.91 Å². The zero-order valence-corrected chi connectivity index (χ0v) is 7.58. The number of pyridine rings is 1. The molecule has 0 aliphatic heterocycles. The average Bonchev–Trinajstić information content (AvgIpc) is 2.85. The van der Waals surface area contributed by atoms with Gasteiger partial charge in [0, 0.05) is 6.20 Å². The lowest BCUT2D eigenvalue weighted by molar-refractivity contribution is 0.0995. The highest BCUT2D eigenvalue weighted by molar-refractivity contribution is 5.90. The summed E-state index contributed by atoms with van der Waals surface area (Å²) in [5.41, 5.74) is 6.94. The van der Waals surface area contributed by atoms with Crippen LogP contribution in [0.15, 0.2) is 18.3 Å². The van der Waals surface area contributed by atoms with E-state index in [1.54, 1.807) is 12.3 Å². The average molecular weight is 176 g/mol. The minimum Gasteiger partial charge on any atom is -0.364 e. The molecule has 0 spiro atoms. The van der Waals surface area contributed by atoms with Crippen molar-refractivity contribution in [2.45, 2.75) is 25.2 Å². The molecule has 3 heteroatoms. The Hall–Kier alpha value is -1.38. The molecule has 13 heavy (non-hydrogen) atoms. The lowest BCUT2D eigenvalue weighted by Gasteiger charge is -2.07. The minimum atomic E-state index is -0.465. The van der Waals surface area contributed by atoms with Crippen LogP contribution in [0, 0.1) is 0 Å². The third-order valence-corrected chi connectivity index (χ3v) is 2.71. The first-order valence-electron chi connectivity index (χ1n) is 4.38. The number of rotatable bonds is 2. The van der Waals surface area contributed by atoms with Gasteiger partial charge in [0.1, 0.15) is 5.69 Å². The second-order valence-electron chi connectivity index (χ2n) is 3.86. The Morgan fingerprint density at radius 2 is 2.23 bits per heavy atom. The van der Waals surface area contributed by atoms with Gasteiger partial charge < -0.3 is 5.73 Å². The smallest absolute Gasteiger partial charge is 0.267 e. The number of nitrogens with two attached hydrogens (primary N) is 1. The van der Waals surface area contributed by atoms with Crippen LogP contribution in [0.4, 0.5) is 0 Å². The van der Waals surface area contributed by atoms with E-state index in [4.69, 9.17) is 5.73 Å². The summed E-state index contributed by atoms with van der Waals surface area (Å²) in [6.07, 6.45) is 4.18. The van der Waals surface area contributed by atoms with Gasteiger partial charge in [-0.3, -0.25) is 9.78 Å². The fourth-order valence-corrected chi connectivity index (χ4v) is 1.37. The Labute approximate surface area is 77.0 Å². The van der Waals surface area contributed by atoms with Crippen molar-refractivity contribution in [3.05, 3.63) is 29.6 Å². The fraction of sp³-hybridized carbons (Fsp3) is 0.400. The number of nitrogens with zero attached hydrogens (tertiary/aromatic N) is 1. The number of amides is 1. The Bertz CT molecular complexity index is 338. The molecule has 0 aromatic carbocycles. The van der Waals surface area contributed by atoms with Crippen molar-refractivity contribution >= 4 is 5.91 Å². The van der Waals surface area contributed by atoms with Crippen LogP contribution in [0.2, 0.25) is 0 Å². The van der Waals surface area contributed by atoms with E-state index in [0.29, 0.717) is 11.1 Å². The normalized spacial score (nSPS) is 18.2. The largest absolute Gasteiger partial charge is 0.364 e. The second kappa shape index (κ2) is 2.55. The molecule has 3 nitrogen and oxygen atoms in total. The van der Waals surface area contributed by atoms with Crippen LogP contribution in [-0.2, 0) is 5.41 Å². The molecular formula is C10H12N2O. The first kappa shape index (κ1) is 8.23. The van der Waals surface area contributed by atoms with Crippen LogP contribution < -0.4 is 5.73 Å². The molecule has 1 heterocycles. The van der Waals surface area contributed by atoms with Gasteiger partial charge in [0.2, 0.25) is 0 Å². The molecule has 1 fully saturated rings.